The van der Waals surface area contributed by atoms with E-state index in [-0.39, 0.29) is 5.78 Å². The van der Waals surface area contributed by atoms with Crippen molar-refractivity contribution in [3.63, 3.8) is 0 Å². The molecule has 1 unspecified atom stereocenters. The average molecular weight is 341 g/mol. The molecular formula is C21H40O3. The molecule has 0 amide bonds. The number of aliphatic carboxylic acids is 1. The fraction of sp³-hybridized carbons (Fsp3) is 0.905. The highest BCUT2D eigenvalue weighted by molar-refractivity contribution is 5.97. The average Bonchev–Trinajstić information content (AvgIpc) is 2.57. The highest BCUT2D eigenvalue weighted by Crippen LogP contribution is 2.14. The van der Waals surface area contributed by atoms with E-state index in [4.69, 9.17) is 5.11 Å². The molecule has 0 aromatic heterocycles. The number of carbonyl (C=O) groups excluding carboxylic acids is 1. The summed E-state index contributed by atoms with van der Waals surface area (Å²) < 4.78 is 0. The first-order chi connectivity index (χ1) is 11.6. The molecular weight excluding hydrogens is 300 g/mol. The number of carboxylic acid groups (broad SMARTS) is 1. The summed E-state index contributed by atoms with van der Waals surface area (Å²) in [4.78, 5) is 22.2. The molecule has 0 saturated carbocycles. The number of hydrogen-bond acceptors (Lipinski definition) is 2. The van der Waals surface area contributed by atoms with Gasteiger partial charge >= 0.3 is 5.97 Å². The summed E-state index contributed by atoms with van der Waals surface area (Å²) in [5.74, 6) is -1.96. The van der Waals surface area contributed by atoms with Crippen molar-refractivity contribution in [2.45, 2.75) is 117 Å². The van der Waals surface area contributed by atoms with E-state index < -0.39 is 11.9 Å². The number of carbonyl (C=O) groups is 2. The van der Waals surface area contributed by atoms with E-state index in [0.29, 0.717) is 6.42 Å². The third kappa shape index (κ3) is 14.7. The van der Waals surface area contributed by atoms with Gasteiger partial charge in [0.1, 0.15) is 11.7 Å². The Labute approximate surface area is 149 Å². The standard InChI is InChI=1S/C21H40O3/c1-3-4-5-6-7-8-9-10-11-12-13-14-15-16-17-18-20(22)19(2)21(23)24/h19H,3-18H2,1-2H3,(H,23,24). The number of rotatable bonds is 18. The zero-order valence-electron chi connectivity index (χ0n) is 16.2. The summed E-state index contributed by atoms with van der Waals surface area (Å²) in [5, 5.41) is 8.76. The number of hydrogen-bond donors (Lipinski definition) is 1. The fourth-order valence-electron chi connectivity index (χ4n) is 3.02. The van der Waals surface area contributed by atoms with Crippen LogP contribution in [0.3, 0.4) is 0 Å². The minimum Gasteiger partial charge on any atom is -0.481 e. The van der Waals surface area contributed by atoms with E-state index in [0.717, 1.165) is 12.8 Å². The van der Waals surface area contributed by atoms with Crippen LogP contribution in [-0.4, -0.2) is 16.9 Å². The van der Waals surface area contributed by atoms with E-state index in [2.05, 4.69) is 6.92 Å². The molecule has 0 saturated heterocycles. The monoisotopic (exact) mass is 340 g/mol. The van der Waals surface area contributed by atoms with E-state index in [1.807, 2.05) is 0 Å². The molecule has 0 spiro atoms. The van der Waals surface area contributed by atoms with Crippen LogP contribution >= 0.6 is 0 Å². The van der Waals surface area contributed by atoms with E-state index in [1.54, 1.807) is 0 Å². The first kappa shape index (κ1) is 23.1. The third-order valence-electron chi connectivity index (χ3n) is 4.88. The molecule has 0 aromatic carbocycles. The lowest BCUT2D eigenvalue weighted by atomic mass is 10.00. The normalized spacial score (nSPS) is 12.2. The van der Waals surface area contributed by atoms with Gasteiger partial charge < -0.3 is 5.11 Å². The maximum Gasteiger partial charge on any atom is 0.313 e. The van der Waals surface area contributed by atoms with Gasteiger partial charge in [0.2, 0.25) is 0 Å². The van der Waals surface area contributed by atoms with Gasteiger partial charge in [-0.1, -0.05) is 96.8 Å². The molecule has 0 rings (SSSR count). The van der Waals surface area contributed by atoms with Gasteiger partial charge in [-0.3, -0.25) is 9.59 Å². The van der Waals surface area contributed by atoms with Gasteiger partial charge in [-0.2, -0.15) is 0 Å². The van der Waals surface area contributed by atoms with Gasteiger partial charge in [-0.25, -0.2) is 0 Å². The van der Waals surface area contributed by atoms with Crippen LogP contribution < -0.4 is 0 Å². The van der Waals surface area contributed by atoms with Crippen molar-refractivity contribution in [1.29, 1.82) is 0 Å². The summed E-state index contributed by atoms with van der Waals surface area (Å²) in [7, 11) is 0. The lowest BCUT2D eigenvalue weighted by molar-refractivity contribution is -0.145. The van der Waals surface area contributed by atoms with Crippen LogP contribution in [0, 0.1) is 5.92 Å². The Kier molecular flexibility index (Phi) is 16.4. The van der Waals surface area contributed by atoms with Crippen molar-refractivity contribution in [1.82, 2.24) is 0 Å². The van der Waals surface area contributed by atoms with E-state index in [1.165, 1.54) is 90.4 Å². The Morgan fingerprint density at radius 3 is 1.33 bits per heavy atom. The van der Waals surface area contributed by atoms with Crippen LogP contribution in [0.5, 0.6) is 0 Å². The van der Waals surface area contributed by atoms with Crippen LogP contribution in [0.2, 0.25) is 0 Å². The zero-order valence-corrected chi connectivity index (χ0v) is 16.2. The summed E-state index contributed by atoms with van der Waals surface area (Å²) >= 11 is 0. The summed E-state index contributed by atoms with van der Waals surface area (Å²) in [6, 6.07) is 0. The third-order valence-corrected chi connectivity index (χ3v) is 4.88. The molecule has 142 valence electrons. The molecule has 0 radical (unpaired) electrons. The molecule has 0 aliphatic heterocycles. The molecule has 0 bridgehead atoms. The highest BCUT2D eigenvalue weighted by atomic mass is 16.4. The van der Waals surface area contributed by atoms with E-state index >= 15 is 0 Å². The Balaban J connectivity index is 3.18. The zero-order chi connectivity index (χ0) is 18.0. The molecule has 3 nitrogen and oxygen atoms in total. The van der Waals surface area contributed by atoms with Crippen molar-refractivity contribution in [2.75, 3.05) is 0 Å². The van der Waals surface area contributed by atoms with Crippen molar-refractivity contribution < 1.29 is 14.7 Å². The maximum absolute atomic E-state index is 11.5. The SMILES string of the molecule is CCCCCCCCCCCCCCCCCC(=O)C(C)C(=O)O. The van der Waals surface area contributed by atoms with Gasteiger partial charge in [-0.05, 0) is 13.3 Å². The van der Waals surface area contributed by atoms with Crippen molar-refractivity contribution in [3.8, 4) is 0 Å². The quantitative estimate of drug-likeness (QED) is 0.228. The summed E-state index contributed by atoms with van der Waals surface area (Å²) in [6.45, 7) is 3.75. The molecule has 0 aliphatic carbocycles. The number of carboxylic acids is 1. The molecule has 0 aliphatic rings. The topological polar surface area (TPSA) is 54.4 Å². The Morgan fingerprint density at radius 2 is 1.00 bits per heavy atom. The predicted molar refractivity (Wildman–Crippen MR) is 101 cm³/mol. The molecule has 1 atom stereocenters. The predicted octanol–water partition coefficient (Wildman–Crippen LogP) is 6.54. The number of unbranched alkanes of at least 4 members (excludes halogenated alkanes) is 14. The van der Waals surface area contributed by atoms with Crippen LogP contribution in [0.4, 0.5) is 0 Å². The number of Topliss-reactive ketones (excluding diaryl/α,β-unsaturated/α-hetero) is 1. The summed E-state index contributed by atoms with van der Waals surface area (Å²) in [5.41, 5.74) is 0. The Hall–Kier alpha value is -0.860. The molecule has 1 N–H and O–H groups in total. The minimum atomic E-state index is -0.999. The van der Waals surface area contributed by atoms with Crippen molar-refractivity contribution in [2.24, 2.45) is 5.92 Å². The van der Waals surface area contributed by atoms with E-state index in [9.17, 15) is 9.59 Å². The number of ketones is 1. The first-order valence-corrected chi connectivity index (χ1v) is 10.3. The lowest BCUT2D eigenvalue weighted by Crippen LogP contribution is -2.20. The minimum absolute atomic E-state index is 0.128. The van der Waals surface area contributed by atoms with Crippen LogP contribution in [0.15, 0.2) is 0 Å². The lowest BCUT2D eigenvalue weighted by Gasteiger charge is -2.05. The second kappa shape index (κ2) is 17.0. The summed E-state index contributed by atoms with van der Waals surface area (Å²) in [6.07, 6.45) is 19.9. The van der Waals surface area contributed by atoms with Gasteiger partial charge in [0.25, 0.3) is 0 Å². The molecule has 24 heavy (non-hydrogen) atoms. The molecule has 0 fully saturated rings. The van der Waals surface area contributed by atoms with Crippen molar-refractivity contribution >= 4 is 11.8 Å². The van der Waals surface area contributed by atoms with Crippen LogP contribution in [-0.2, 0) is 9.59 Å². The smallest absolute Gasteiger partial charge is 0.313 e. The van der Waals surface area contributed by atoms with Crippen LogP contribution in [0.25, 0.3) is 0 Å². The van der Waals surface area contributed by atoms with Gasteiger partial charge in [-0.15, -0.1) is 0 Å². The maximum atomic E-state index is 11.5. The largest absolute Gasteiger partial charge is 0.481 e. The fourth-order valence-corrected chi connectivity index (χ4v) is 3.02. The van der Waals surface area contributed by atoms with Gasteiger partial charge in [0, 0.05) is 6.42 Å². The van der Waals surface area contributed by atoms with Crippen LogP contribution in [0.1, 0.15) is 117 Å². The Bertz CT molecular complexity index is 312. The second-order valence-electron chi connectivity index (χ2n) is 7.23. The molecule has 0 heterocycles. The Morgan fingerprint density at radius 1 is 0.667 bits per heavy atom. The van der Waals surface area contributed by atoms with Gasteiger partial charge in [0.05, 0.1) is 0 Å². The van der Waals surface area contributed by atoms with Gasteiger partial charge in [0.15, 0.2) is 0 Å². The van der Waals surface area contributed by atoms with Crippen molar-refractivity contribution in [3.05, 3.63) is 0 Å². The first-order valence-electron chi connectivity index (χ1n) is 10.3. The molecule has 0 aromatic rings. The second-order valence-corrected chi connectivity index (χ2v) is 7.23. The molecule has 3 heteroatoms. The highest BCUT2D eigenvalue weighted by Gasteiger charge is 2.19.